The van der Waals surface area contributed by atoms with Gasteiger partial charge >= 0.3 is 0 Å². The molecule has 0 aliphatic carbocycles. The van der Waals surface area contributed by atoms with E-state index < -0.39 is 0 Å². The van der Waals surface area contributed by atoms with Gasteiger partial charge in [-0.1, -0.05) is 12.1 Å². The highest BCUT2D eigenvalue weighted by molar-refractivity contribution is 5.47. The number of aromatic nitrogens is 4. The van der Waals surface area contributed by atoms with E-state index in [1.165, 1.54) is 0 Å². The lowest BCUT2D eigenvalue weighted by atomic mass is 10.2. The van der Waals surface area contributed by atoms with Crippen LogP contribution >= 0.6 is 0 Å². The van der Waals surface area contributed by atoms with Crippen LogP contribution in [0.2, 0.25) is 0 Å². The van der Waals surface area contributed by atoms with E-state index >= 15 is 0 Å². The Kier molecular flexibility index (Phi) is 3.31. The van der Waals surface area contributed by atoms with Crippen LogP contribution in [0, 0.1) is 0 Å². The quantitative estimate of drug-likeness (QED) is 0.878. The number of morpholine rings is 1. The Labute approximate surface area is 110 Å². The van der Waals surface area contributed by atoms with Gasteiger partial charge in [0.05, 0.1) is 24.9 Å². The van der Waals surface area contributed by atoms with Crippen LogP contribution in [-0.4, -0.2) is 39.7 Å². The summed E-state index contributed by atoms with van der Waals surface area (Å²) in [5, 5.41) is 11.7. The predicted molar refractivity (Wildman–Crippen MR) is 67.4 cm³/mol. The zero-order valence-electron chi connectivity index (χ0n) is 11.1. The smallest absolute Gasteiger partial charge is 0.276 e. The first kappa shape index (κ1) is 12.3. The van der Waals surface area contributed by atoms with Crippen LogP contribution in [0.4, 0.5) is 0 Å². The van der Waals surface area contributed by atoms with Crippen LogP contribution in [0.5, 0.6) is 0 Å². The van der Waals surface area contributed by atoms with Crippen LogP contribution in [0.1, 0.15) is 24.5 Å². The normalized spacial score (nSPS) is 19.8. The molecule has 1 aliphatic heterocycles. The molecule has 1 aliphatic rings. The summed E-state index contributed by atoms with van der Waals surface area (Å²) < 4.78 is 12.5. The van der Waals surface area contributed by atoms with E-state index in [1.54, 1.807) is 4.68 Å². The van der Waals surface area contributed by atoms with Crippen molar-refractivity contribution in [2.24, 2.45) is 7.05 Å². The SMILES string of the molecule is CCc1cc(-c2nc(C3COCCN3)no2)n(C)n1. The Morgan fingerprint density at radius 3 is 3.11 bits per heavy atom. The lowest BCUT2D eigenvalue weighted by Gasteiger charge is -2.20. The first-order chi connectivity index (χ1) is 9.28. The van der Waals surface area contributed by atoms with Crippen molar-refractivity contribution in [1.29, 1.82) is 0 Å². The van der Waals surface area contributed by atoms with Gasteiger partial charge in [-0.15, -0.1) is 0 Å². The van der Waals surface area contributed by atoms with Crippen LogP contribution < -0.4 is 5.32 Å². The minimum absolute atomic E-state index is 0.00474. The highest BCUT2D eigenvalue weighted by Gasteiger charge is 2.22. The fourth-order valence-corrected chi connectivity index (χ4v) is 2.11. The van der Waals surface area contributed by atoms with Crippen molar-refractivity contribution in [2.45, 2.75) is 19.4 Å². The molecule has 1 atom stereocenters. The van der Waals surface area contributed by atoms with Crippen molar-refractivity contribution >= 4 is 0 Å². The van der Waals surface area contributed by atoms with Crippen molar-refractivity contribution in [2.75, 3.05) is 19.8 Å². The fraction of sp³-hybridized carbons (Fsp3) is 0.583. The minimum Gasteiger partial charge on any atom is -0.378 e. The van der Waals surface area contributed by atoms with E-state index in [4.69, 9.17) is 9.26 Å². The standard InChI is InChI=1S/C12H17N5O2/c1-3-8-6-10(17(2)15-8)12-14-11(16-19-12)9-7-18-5-4-13-9/h6,9,13H,3-5,7H2,1-2H3. The Morgan fingerprint density at radius 2 is 2.42 bits per heavy atom. The van der Waals surface area contributed by atoms with E-state index in [-0.39, 0.29) is 6.04 Å². The Balaban J connectivity index is 1.85. The van der Waals surface area contributed by atoms with E-state index in [9.17, 15) is 0 Å². The van der Waals surface area contributed by atoms with Gasteiger partial charge in [0.25, 0.3) is 5.89 Å². The molecule has 0 bridgehead atoms. The van der Waals surface area contributed by atoms with Crippen LogP contribution in [0.3, 0.4) is 0 Å². The number of nitrogens with one attached hydrogen (secondary N) is 1. The van der Waals surface area contributed by atoms with Gasteiger partial charge in [0.1, 0.15) is 5.69 Å². The highest BCUT2D eigenvalue weighted by Crippen LogP contribution is 2.21. The van der Waals surface area contributed by atoms with E-state index in [1.807, 2.05) is 13.1 Å². The number of ether oxygens (including phenoxy) is 1. The molecular formula is C12H17N5O2. The molecule has 3 rings (SSSR count). The topological polar surface area (TPSA) is 78.0 Å². The molecule has 19 heavy (non-hydrogen) atoms. The molecule has 3 heterocycles. The number of hydrogen-bond acceptors (Lipinski definition) is 6. The molecule has 102 valence electrons. The third-order valence-corrected chi connectivity index (χ3v) is 3.19. The molecule has 1 saturated heterocycles. The summed E-state index contributed by atoms with van der Waals surface area (Å²) in [6.07, 6.45) is 0.882. The second-order valence-electron chi connectivity index (χ2n) is 4.54. The lowest BCUT2D eigenvalue weighted by Crippen LogP contribution is -2.35. The van der Waals surface area contributed by atoms with Crippen LogP contribution in [0.15, 0.2) is 10.6 Å². The maximum Gasteiger partial charge on any atom is 0.276 e. The minimum atomic E-state index is 0.00474. The van der Waals surface area contributed by atoms with Crippen molar-refractivity contribution in [3.05, 3.63) is 17.6 Å². The Hall–Kier alpha value is -1.73. The number of rotatable bonds is 3. The predicted octanol–water partition coefficient (Wildman–Crippen LogP) is 0.693. The van der Waals surface area contributed by atoms with Gasteiger partial charge in [-0.05, 0) is 12.5 Å². The summed E-state index contributed by atoms with van der Waals surface area (Å²) in [7, 11) is 1.88. The summed E-state index contributed by atoms with van der Waals surface area (Å²) >= 11 is 0. The molecule has 0 saturated carbocycles. The maximum atomic E-state index is 5.39. The summed E-state index contributed by atoms with van der Waals surface area (Å²) in [4.78, 5) is 4.43. The zero-order chi connectivity index (χ0) is 13.2. The van der Waals surface area contributed by atoms with Crippen molar-refractivity contribution in [3.8, 4) is 11.6 Å². The third-order valence-electron chi connectivity index (χ3n) is 3.19. The van der Waals surface area contributed by atoms with Crippen LogP contribution in [0.25, 0.3) is 11.6 Å². The van der Waals surface area contributed by atoms with E-state index in [0.717, 1.165) is 31.0 Å². The molecule has 1 N–H and O–H groups in total. The molecule has 2 aromatic heterocycles. The van der Waals surface area contributed by atoms with Gasteiger partial charge < -0.3 is 14.6 Å². The number of hydrogen-bond donors (Lipinski definition) is 1. The van der Waals surface area contributed by atoms with Gasteiger partial charge in [-0.25, -0.2) is 0 Å². The van der Waals surface area contributed by atoms with Gasteiger partial charge in [0.15, 0.2) is 5.82 Å². The average Bonchev–Trinajstić information content (AvgIpc) is 3.06. The van der Waals surface area contributed by atoms with E-state index in [0.29, 0.717) is 18.3 Å². The number of aryl methyl sites for hydroxylation is 2. The molecule has 7 nitrogen and oxygen atoms in total. The average molecular weight is 263 g/mol. The summed E-state index contributed by atoms with van der Waals surface area (Å²) in [6.45, 7) is 4.17. The molecule has 0 spiro atoms. The fourth-order valence-electron chi connectivity index (χ4n) is 2.11. The molecule has 2 aromatic rings. The summed E-state index contributed by atoms with van der Waals surface area (Å²) in [6, 6.07) is 1.98. The molecule has 0 radical (unpaired) electrons. The highest BCUT2D eigenvalue weighted by atomic mass is 16.5. The Bertz CT molecular complexity index is 556. The third kappa shape index (κ3) is 2.39. The number of nitrogens with zero attached hydrogens (tertiary/aromatic N) is 4. The van der Waals surface area contributed by atoms with Crippen molar-refractivity contribution in [1.82, 2.24) is 25.2 Å². The largest absolute Gasteiger partial charge is 0.378 e. The molecule has 1 fully saturated rings. The zero-order valence-corrected chi connectivity index (χ0v) is 11.1. The molecule has 0 amide bonds. The second-order valence-corrected chi connectivity index (χ2v) is 4.54. The second kappa shape index (κ2) is 5.10. The van der Waals surface area contributed by atoms with Gasteiger partial charge in [-0.2, -0.15) is 10.1 Å². The maximum absolute atomic E-state index is 5.39. The van der Waals surface area contributed by atoms with Crippen LogP contribution in [-0.2, 0) is 18.2 Å². The van der Waals surface area contributed by atoms with Gasteiger partial charge in [-0.3, -0.25) is 4.68 Å². The van der Waals surface area contributed by atoms with Gasteiger partial charge in [0.2, 0.25) is 0 Å². The molecule has 0 aromatic carbocycles. The Morgan fingerprint density at radius 1 is 1.53 bits per heavy atom. The summed E-state index contributed by atoms with van der Waals surface area (Å²) in [5.41, 5.74) is 1.85. The van der Waals surface area contributed by atoms with Crippen molar-refractivity contribution < 1.29 is 9.26 Å². The first-order valence-electron chi connectivity index (χ1n) is 6.46. The first-order valence-corrected chi connectivity index (χ1v) is 6.46. The molecule has 7 heteroatoms. The molecule has 1 unspecified atom stereocenters. The molecular weight excluding hydrogens is 246 g/mol. The lowest BCUT2D eigenvalue weighted by molar-refractivity contribution is 0.0734. The van der Waals surface area contributed by atoms with E-state index in [2.05, 4.69) is 27.5 Å². The van der Waals surface area contributed by atoms with Gasteiger partial charge in [0, 0.05) is 13.6 Å². The monoisotopic (exact) mass is 263 g/mol. The van der Waals surface area contributed by atoms with Crippen molar-refractivity contribution in [3.63, 3.8) is 0 Å². The summed E-state index contributed by atoms with van der Waals surface area (Å²) in [5.74, 6) is 1.13.